The van der Waals surface area contributed by atoms with E-state index in [1.165, 1.54) is 35.3 Å². The Kier molecular flexibility index (Phi) is 7.35. The van der Waals surface area contributed by atoms with E-state index in [1.807, 2.05) is 0 Å². The fourth-order valence-electron chi connectivity index (χ4n) is 4.63. The van der Waals surface area contributed by atoms with Crippen LogP contribution in [0.1, 0.15) is 48.3 Å². The molecule has 0 aliphatic heterocycles. The zero-order chi connectivity index (χ0) is 25.1. The molecule has 1 fully saturated rings. The molecule has 0 bridgehead atoms. The van der Waals surface area contributed by atoms with Crippen molar-refractivity contribution in [2.75, 3.05) is 5.32 Å². The lowest BCUT2D eigenvalue weighted by molar-refractivity contribution is -0.611. The molecule has 3 aromatic rings. The molecule has 2 heterocycles. The van der Waals surface area contributed by atoms with Crippen LogP contribution in [0.4, 0.5) is 10.1 Å². The molecule has 1 saturated carbocycles. The Morgan fingerprint density at radius 1 is 1.23 bits per heavy atom. The van der Waals surface area contributed by atoms with Crippen molar-refractivity contribution in [3.05, 3.63) is 70.2 Å². The molecule has 0 spiro atoms. The standard InChI is InChI=1S/C25H27ClFN5O3/c1-15-22(19(26)11-13-32(15)35)18-9-8-17(14-20(18)27)29-25(34)23(16-6-4-3-5-7-16)30-24(33)21-10-12-28-31(21)2/h8-14,16,23H,3-7H2,1-2H3,(H,29,34)(H,30,33)/t23-/m0/s1. The number of benzene rings is 1. The van der Waals surface area contributed by atoms with Crippen molar-refractivity contribution in [1.29, 1.82) is 0 Å². The van der Waals surface area contributed by atoms with Gasteiger partial charge in [-0.1, -0.05) is 30.9 Å². The molecular formula is C25H27ClFN5O3. The first kappa shape index (κ1) is 24.7. The van der Waals surface area contributed by atoms with Gasteiger partial charge < -0.3 is 15.8 Å². The molecule has 2 N–H and O–H groups in total. The lowest BCUT2D eigenvalue weighted by atomic mass is 9.83. The molecule has 0 saturated heterocycles. The minimum atomic E-state index is -0.773. The maximum absolute atomic E-state index is 15.1. The van der Waals surface area contributed by atoms with E-state index < -0.39 is 23.7 Å². The average Bonchev–Trinajstić information content (AvgIpc) is 3.27. The second-order valence-electron chi connectivity index (χ2n) is 8.82. The summed E-state index contributed by atoms with van der Waals surface area (Å²) in [5.74, 6) is -1.46. The Bertz CT molecular complexity index is 1260. The van der Waals surface area contributed by atoms with E-state index in [1.54, 1.807) is 26.1 Å². The highest BCUT2D eigenvalue weighted by atomic mass is 35.5. The predicted molar refractivity (Wildman–Crippen MR) is 130 cm³/mol. The van der Waals surface area contributed by atoms with Crippen molar-refractivity contribution >= 4 is 29.1 Å². The first-order valence-corrected chi connectivity index (χ1v) is 11.9. The van der Waals surface area contributed by atoms with E-state index in [-0.39, 0.29) is 27.9 Å². The van der Waals surface area contributed by atoms with Crippen LogP contribution in [0.25, 0.3) is 11.1 Å². The van der Waals surface area contributed by atoms with Crippen LogP contribution in [0.2, 0.25) is 5.02 Å². The van der Waals surface area contributed by atoms with E-state index in [9.17, 15) is 14.8 Å². The number of pyridine rings is 1. The number of nitrogens with one attached hydrogen (secondary N) is 2. The van der Waals surface area contributed by atoms with Crippen LogP contribution in [0, 0.1) is 23.9 Å². The van der Waals surface area contributed by atoms with Crippen LogP contribution >= 0.6 is 11.6 Å². The number of halogens is 2. The van der Waals surface area contributed by atoms with Crippen molar-refractivity contribution in [3.8, 4) is 11.1 Å². The smallest absolute Gasteiger partial charge is 0.270 e. The van der Waals surface area contributed by atoms with Gasteiger partial charge in [0.15, 0.2) is 11.9 Å². The number of carbonyl (C=O) groups is 2. The predicted octanol–water partition coefficient (Wildman–Crippen LogP) is 4.14. The van der Waals surface area contributed by atoms with Crippen LogP contribution in [0.15, 0.2) is 42.7 Å². The largest absolute Gasteiger partial charge is 0.618 e. The van der Waals surface area contributed by atoms with E-state index in [4.69, 9.17) is 11.6 Å². The first-order chi connectivity index (χ1) is 16.8. The van der Waals surface area contributed by atoms with E-state index in [0.29, 0.717) is 16.0 Å². The number of carbonyl (C=O) groups excluding carboxylic acids is 2. The summed E-state index contributed by atoms with van der Waals surface area (Å²) < 4.78 is 17.1. The van der Waals surface area contributed by atoms with E-state index >= 15 is 4.39 Å². The molecule has 1 aliphatic carbocycles. The summed E-state index contributed by atoms with van der Waals surface area (Å²) in [4.78, 5) is 26.1. The zero-order valence-corrected chi connectivity index (χ0v) is 20.3. The summed E-state index contributed by atoms with van der Waals surface area (Å²) in [5, 5.41) is 21.8. The number of anilines is 1. The van der Waals surface area contributed by atoms with Gasteiger partial charge >= 0.3 is 0 Å². The molecule has 8 nitrogen and oxygen atoms in total. The second-order valence-corrected chi connectivity index (χ2v) is 9.23. The average molecular weight is 500 g/mol. The molecule has 184 valence electrons. The molecule has 1 aromatic carbocycles. The Hall–Kier alpha value is -3.46. The minimum Gasteiger partial charge on any atom is -0.618 e. The summed E-state index contributed by atoms with van der Waals surface area (Å²) in [5.41, 5.74) is 1.31. The van der Waals surface area contributed by atoms with Crippen LogP contribution < -0.4 is 15.4 Å². The summed E-state index contributed by atoms with van der Waals surface area (Å²) in [6.07, 6.45) is 7.48. The number of amides is 2. The van der Waals surface area contributed by atoms with Crippen LogP contribution in [0.5, 0.6) is 0 Å². The van der Waals surface area contributed by atoms with Gasteiger partial charge in [0.05, 0.1) is 10.6 Å². The molecule has 1 aliphatic rings. The number of hydrogen-bond donors (Lipinski definition) is 2. The van der Waals surface area contributed by atoms with E-state index in [2.05, 4.69) is 15.7 Å². The van der Waals surface area contributed by atoms with Gasteiger partial charge in [0.1, 0.15) is 17.6 Å². The number of aryl methyl sites for hydroxylation is 1. The highest BCUT2D eigenvalue weighted by Gasteiger charge is 2.32. The summed E-state index contributed by atoms with van der Waals surface area (Å²) >= 11 is 6.23. The number of aromatic nitrogens is 3. The Morgan fingerprint density at radius 2 is 1.97 bits per heavy atom. The van der Waals surface area contributed by atoms with Gasteiger partial charge in [-0.2, -0.15) is 9.83 Å². The molecule has 2 aromatic heterocycles. The number of hydrogen-bond acceptors (Lipinski definition) is 4. The maximum atomic E-state index is 15.1. The molecule has 35 heavy (non-hydrogen) atoms. The topological polar surface area (TPSA) is 103 Å². The summed E-state index contributed by atoms with van der Waals surface area (Å²) in [6.45, 7) is 1.56. The van der Waals surface area contributed by atoms with Gasteiger partial charge in [0.25, 0.3) is 5.91 Å². The van der Waals surface area contributed by atoms with Gasteiger partial charge in [-0.3, -0.25) is 14.3 Å². The minimum absolute atomic E-state index is 0.0247. The normalized spacial score (nSPS) is 15.0. The third-order valence-corrected chi connectivity index (χ3v) is 6.85. The summed E-state index contributed by atoms with van der Waals surface area (Å²) in [6, 6.07) is 6.43. The van der Waals surface area contributed by atoms with Crippen molar-refractivity contribution in [3.63, 3.8) is 0 Å². The molecule has 1 atom stereocenters. The van der Waals surface area contributed by atoms with E-state index in [0.717, 1.165) is 32.1 Å². The molecule has 10 heteroatoms. The van der Waals surface area contributed by atoms with Crippen molar-refractivity contribution in [1.82, 2.24) is 15.1 Å². The second kappa shape index (κ2) is 10.4. The van der Waals surface area contributed by atoms with Crippen molar-refractivity contribution in [2.24, 2.45) is 13.0 Å². The fraction of sp³-hybridized carbons (Fsp3) is 0.360. The van der Waals surface area contributed by atoms with Crippen molar-refractivity contribution < 1.29 is 18.7 Å². The monoisotopic (exact) mass is 499 g/mol. The van der Waals surface area contributed by atoms with Crippen LogP contribution in [0.3, 0.4) is 0 Å². The lowest BCUT2D eigenvalue weighted by Gasteiger charge is -2.30. The lowest BCUT2D eigenvalue weighted by Crippen LogP contribution is -2.49. The molecule has 2 amide bonds. The number of nitrogens with zero attached hydrogens (tertiary/aromatic N) is 3. The molecule has 0 radical (unpaired) electrons. The van der Waals surface area contributed by atoms with Gasteiger partial charge in [0, 0.05) is 37.5 Å². The maximum Gasteiger partial charge on any atom is 0.270 e. The molecule has 0 unspecified atom stereocenters. The highest BCUT2D eigenvalue weighted by molar-refractivity contribution is 6.33. The van der Waals surface area contributed by atoms with Gasteiger partial charge in [0.2, 0.25) is 5.91 Å². The van der Waals surface area contributed by atoms with Crippen LogP contribution in [-0.2, 0) is 11.8 Å². The third kappa shape index (κ3) is 5.30. The van der Waals surface area contributed by atoms with Crippen LogP contribution in [-0.4, -0.2) is 27.6 Å². The Balaban J connectivity index is 1.57. The molecular weight excluding hydrogens is 473 g/mol. The first-order valence-electron chi connectivity index (χ1n) is 11.5. The Morgan fingerprint density at radius 3 is 2.63 bits per heavy atom. The SMILES string of the molecule is Cc1c(-c2ccc(NC(=O)[C@@H](NC(=O)c3ccnn3C)C3CCCCC3)cc2F)c(Cl)cc[n+]1[O-]. The third-order valence-electron chi connectivity index (χ3n) is 6.54. The van der Waals surface area contributed by atoms with Gasteiger partial charge in [-0.05, 0) is 43.0 Å². The number of rotatable bonds is 6. The highest BCUT2D eigenvalue weighted by Crippen LogP contribution is 2.33. The zero-order valence-electron chi connectivity index (χ0n) is 19.6. The fourth-order valence-corrected chi connectivity index (χ4v) is 4.92. The van der Waals surface area contributed by atoms with Gasteiger partial charge in [-0.25, -0.2) is 4.39 Å². The van der Waals surface area contributed by atoms with Crippen molar-refractivity contribution in [2.45, 2.75) is 45.1 Å². The quantitative estimate of drug-likeness (QED) is 0.393. The Labute approximate surface area is 207 Å². The molecule has 4 rings (SSSR count). The van der Waals surface area contributed by atoms with Gasteiger partial charge in [-0.15, -0.1) is 0 Å². The summed E-state index contributed by atoms with van der Waals surface area (Å²) in [7, 11) is 1.66.